The number of oxazole rings is 1. The van der Waals surface area contributed by atoms with E-state index in [2.05, 4.69) is 18.0 Å². The van der Waals surface area contributed by atoms with Crippen LogP contribution >= 0.6 is 11.8 Å². The number of pyridine rings is 1. The van der Waals surface area contributed by atoms with Crippen LogP contribution in [0, 0.1) is 0 Å². The summed E-state index contributed by atoms with van der Waals surface area (Å²) in [7, 11) is -6.09. The predicted octanol–water partition coefficient (Wildman–Crippen LogP) is 4.18. The maximum Gasteiger partial charge on any atom is 0.485 e. The normalized spacial score (nSPS) is 14.2. The van der Waals surface area contributed by atoms with Crippen molar-refractivity contribution in [2.24, 2.45) is 0 Å². The molecule has 1 aromatic carbocycles. The first-order valence-corrected chi connectivity index (χ1v) is 14.0. The molecule has 1 N–H and O–H groups in total. The summed E-state index contributed by atoms with van der Waals surface area (Å²) >= 11 is 1.80. The van der Waals surface area contributed by atoms with Gasteiger partial charge in [-0.15, -0.1) is 0 Å². The third-order valence-corrected chi connectivity index (χ3v) is 7.08. The molecular weight excluding hydrogens is 533 g/mol. The highest BCUT2D eigenvalue weighted by atomic mass is 32.2. The summed E-state index contributed by atoms with van der Waals surface area (Å²) in [6, 6.07) is 10.1. The molecular formula is C24H27F3N2O6S2. The number of fused-ring (bicyclic) bond motifs is 1. The standard InChI is InChI=1S/C23H27N2O3S.CHF3O3S/c1-2-12-29-16-20(26)15-25-9-7-17(8-10-25)22-14-24-23(28-22)19-5-6-21-18(13-19)4-3-11-27-21;2-1(3,4)8(5,6)7/h5-10,13-14,20,26H,2-4,11-12,15-16H2,1H3;(H,5,6,7)/q+1;/p-1. The van der Waals surface area contributed by atoms with Gasteiger partial charge < -0.3 is 18.8 Å². The fourth-order valence-corrected chi connectivity index (χ4v) is 4.27. The quantitative estimate of drug-likeness (QED) is 0.189. The summed E-state index contributed by atoms with van der Waals surface area (Å²) in [5.74, 6) is 4.18. The Kier molecular flexibility index (Phi) is 9.99. The topological polar surface area (TPSA) is 117 Å². The molecule has 0 spiro atoms. The van der Waals surface area contributed by atoms with Crippen LogP contribution in [-0.4, -0.2) is 52.8 Å². The molecule has 13 heteroatoms. The number of aryl methyl sites for hydroxylation is 1. The Hall–Kier alpha value is -2.61. The molecule has 0 fully saturated rings. The average Bonchev–Trinajstić information content (AvgIpc) is 3.34. The minimum atomic E-state index is -6.09. The second-order valence-electron chi connectivity index (χ2n) is 8.22. The van der Waals surface area contributed by atoms with E-state index >= 15 is 0 Å². The number of rotatable bonds is 8. The summed E-state index contributed by atoms with van der Waals surface area (Å²) in [5.41, 5.74) is -2.49. The molecule has 0 amide bonds. The van der Waals surface area contributed by atoms with Crippen LogP contribution in [0.2, 0.25) is 0 Å². The lowest BCUT2D eigenvalue weighted by atomic mass is 10.0. The molecule has 0 saturated heterocycles. The summed E-state index contributed by atoms with van der Waals surface area (Å²) in [6.07, 6.45) is 8.58. The van der Waals surface area contributed by atoms with Crippen LogP contribution in [-0.2, 0) is 23.1 Å². The van der Waals surface area contributed by atoms with Gasteiger partial charge in [-0.1, -0.05) is 6.92 Å². The first kappa shape index (κ1) is 29.0. The van der Waals surface area contributed by atoms with Gasteiger partial charge >= 0.3 is 5.51 Å². The summed E-state index contributed by atoms with van der Waals surface area (Å²) in [5, 5.41) is 10.2. The number of ether oxygens (including phenoxy) is 1. The lowest BCUT2D eigenvalue weighted by Crippen LogP contribution is -2.40. The smallest absolute Gasteiger partial charge is 0.485 e. The molecule has 2 aromatic heterocycles. The van der Waals surface area contributed by atoms with E-state index < -0.39 is 15.6 Å². The number of aliphatic hydroxyl groups excluding tert-OH is 1. The van der Waals surface area contributed by atoms with Crippen LogP contribution in [0.3, 0.4) is 0 Å². The van der Waals surface area contributed by atoms with Gasteiger partial charge in [0.25, 0.3) is 0 Å². The molecule has 3 aromatic rings. The lowest BCUT2D eigenvalue weighted by molar-refractivity contribution is -0.702. The van der Waals surface area contributed by atoms with Gasteiger partial charge in [0.1, 0.15) is 11.9 Å². The van der Waals surface area contributed by atoms with Crippen LogP contribution in [0.1, 0.15) is 25.3 Å². The van der Waals surface area contributed by atoms with Crippen molar-refractivity contribution in [3.8, 4) is 28.5 Å². The van der Waals surface area contributed by atoms with Crippen molar-refractivity contribution in [2.75, 3.05) is 18.1 Å². The maximum absolute atomic E-state index is 10.7. The van der Waals surface area contributed by atoms with Crippen molar-refractivity contribution in [2.45, 2.75) is 44.3 Å². The van der Waals surface area contributed by atoms with Crippen molar-refractivity contribution in [1.82, 2.24) is 4.98 Å². The van der Waals surface area contributed by atoms with Gasteiger partial charge in [0.2, 0.25) is 5.89 Å². The van der Waals surface area contributed by atoms with E-state index in [4.69, 9.17) is 22.1 Å². The zero-order valence-electron chi connectivity index (χ0n) is 20.0. The minimum absolute atomic E-state index is 0.340. The van der Waals surface area contributed by atoms with Crippen molar-refractivity contribution in [1.29, 1.82) is 0 Å². The zero-order valence-corrected chi connectivity index (χ0v) is 21.6. The molecule has 8 nitrogen and oxygen atoms in total. The molecule has 1 unspecified atom stereocenters. The highest BCUT2D eigenvalue weighted by molar-refractivity contribution is 7.99. The van der Waals surface area contributed by atoms with E-state index in [0.29, 0.717) is 12.4 Å². The van der Waals surface area contributed by atoms with Gasteiger partial charge in [0.05, 0.1) is 12.8 Å². The molecule has 202 valence electrons. The van der Waals surface area contributed by atoms with Crippen molar-refractivity contribution >= 4 is 21.9 Å². The largest absolute Gasteiger partial charge is 0.741 e. The monoisotopic (exact) mass is 560 g/mol. The van der Waals surface area contributed by atoms with Gasteiger partial charge in [0, 0.05) is 29.0 Å². The highest BCUT2D eigenvalue weighted by Gasteiger charge is 2.36. The number of benzene rings is 1. The van der Waals surface area contributed by atoms with E-state index in [1.165, 1.54) is 5.56 Å². The van der Waals surface area contributed by atoms with Crippen molar-refractivity contribution in [3.05, 3.63) is 54.5 Å². The first-order chi connectivity index (χ1) is 17.5. The van der Waals surface area contributed by atoms with Crippen LogP contribution in [0.15, 0.2) is 53.3 Å². The van der Waals surface area contributed by atoms with Gasteiger partial charge in [-0.3, -0.25) is 0 Å². The number of halogens is 3. The Bertz CT molecular complexity index is 1260. The van der Waals surface area contributed by atoms with Gasteiger partial charge in [-0.25, -0.2) is 18.0 Å². The van der Waals surface area contributed by atoms with E-state index in [9.17, 15) is 18.3 Å². The van der Waals surface area contributed by atoms with Crippen LogP contribution in [0.25, 0.3) is 22.8 Å². The Morgan fingerprint density at radius 1 is 1.22 bits per heavy atom. The van der Waals surface area contributed by atoms with Crippen molar-refractivity contribution in [3.63, 3.8) is 0 Å². The zero-order chi connectivity index (χ0) is 27.1. The summed E-state index contributed by atoms with van der Waals surface area (Å²) in [4.78, 5) is 4.47. The molecule has 0 radical (unpaired) electrons. The highest BCUT2D eigenvalue weighted by Crippen LogP contribution is 2.31. The number of hydrogen-bond acceptors (Lipinski definition) is 8. The summed E-state index contributed by atoms with van der Waals surface area (Å²) in [6.45, 7) is 3.54. The van der Waals surface area contributed by atoms with Crippen LogP contribution in [0.4, 0.5) is 13.2 Å². The number of aliphatic hydroxyl groups is 1. The number of hydrogen-bond donors (Lipinski definition) is 1. The molecule has 1 aliphatic rings. The number of aromatic nitrogens is 2. The van der Waals surface area contributed by atoms with Crippen LogP contribution < -0.4 is 9.30 Å². The second kappa shape index (κ2) is 12.8. The van der Waals surface area contributed by atoms with Crippen molar-refractivity contribution < 1.29 is 45.0 Å². The van der Waals surface area contributed by atoms with Gasteiger partial charge in [-0.2, -0.15) is 24.9 Å². The molecule has 37 heavy (non-hydrogen) atoms. The number of nitrogens with zero attached hydrogens (tertiary/aromatic N) is 2. The predicted molar refractivity (Wildman–Crippen MR) is 131 cm³/mol. The van der Waals surface area contributed by atoms with Gasteiger partial charge in [0.15, 0.2) is 34.8 Å². The second-order valence-corrected chi connectivity index (χ2v) is 10.7. The van der Waals surface area contributed by atoms with E-state index in [-0.39, 0.29) is 6.10 Å². The Morgan fingerprint density at radius 3 is 2.57 bits per heavy atom. The fraction of sp³-hybridized carbons (Fsp3) is 0.417. The molecule has 1 aliphatic heterocycles. The number of thioether (sulfide) groups is 1. The van der Waals surface area contributed by atoms with E-state index in [0.717, 1.165) is 60.0 Å². The third kappa shape index (κ3) is 8.45. The Morgan fingerprint density at radius 2 is 1.92 bits per heavy atom. The Balaban J connectivity index is 0.000000414. The Labute approximate surface area is 217 Å². The molecule has 0 saturated carbocycles. The molecule has 3 heterocycles. The molecule has 1 atom stereocenters. The van der Waals surface area contributed by atoms with E-state index in [1.54, 1.807) is 18.0 Å². The fourth-order valence-electron chi connectivity index (χ4n) is 3.44. The van der Waals surface area contributed by atoms with Gasteiger partial charge in [-0.05, 0) is 48.8 Å². The van der Waals surface area contributed by atoms with Crippen LogP contribution in [0.5, 0.6) is 5.75 Å². The summed E-state index contributed by atoms with van der Waals surface area (Å²) < 4.78 is 72.6. The third-order valence-electron chi connectivity index (χ3n) is 5.20. The average molecular weight is 561 g/mol. The van der Waals surface area contributed by atoms with E-state index in [1.807, 2.05) is 41.2 Å². The molecule has 4 rings (SSSR count). The first-order valence-electron chi connectivity index (χ1n) is 11.5. The lowest BCUT2D eigenvalue weighted by Gasteiger charge is -2.17. The maximum atomic E-state index is 10.7. The molecule has 0 bridgehead atoms. The number of alkyl halides is 3. The SMILES string of the molecule is CCCSCC(O)C[n+]1ccc(-c2cnc(-c3ccc4c(c3)CCCO4)o2)cc1.O=S(=O)([O-])C(F)(F)F. The minimum Gasteiger partial charge on any atom is -0.741 e. The molecule has 0 aliphatic carbocycles.